The van der Waals surface area contributed by atoms with Crippen LogP contribution in [0.25, 0.3) is 10.8 Å². The van der Waals surface area contributed by atoms with Crippen molar-refractivity contribution in [1.29, 1.82) is 0 Å². The second-order valence-electron chi connectivity index (χ2n) is 4.98. The van der Waals surface area contributed by atoms with Crippen molar-refractivity contribution in [1.82, 2.24) is 0 Å². The molecule has 3 rings (SSSR count). The van der Waals surface area contributed by atoms with Gasteiger partial charge in [0, 0.05) is 5.39 Å². The van der Waals surface area contributed by atoms with Crippen molar-refractivity contribution >= 4 is 22.4 Å². The summed E-state index contributed by atoms with van der Waals surface area (Å²) < 4.78 is 5.93. The van der Waals surface area contributed by atoms with Gasteiger partial charge in [0.05, 0.1) is 12.1 Å². The van der Waals surface area contributed by atoms with Crippen LogP contribution in [0.5, 0.6) is 11.5 Å². The molecular formula is C18H15NO3. The van der Waals surface area contributed by atoms with Gasteiger partial charge in [-0.15, -0.1) is 0 Å². The minimum Gasteiger partial charge on any atom is -0.481 e. The summed E-state index contributed by atoms with van der Waals surface area (Å²) in [6, 6.07) is 18.9. The van der Waals surface area contributed by atoms with Gasteiger partial charge in [-0.05, 0) is 23.1 Å². The standard InChI is InChI=1S/C18H15NO3/c19-18-13(11-17(20)21)7-4-10-16(18)22-15-9-3-6-12-5-1-2-8-14(12)15/h1-10H,11,19H2,(H,20,21). The number of hydrogen-bond acceptors (Lipinski definition) is 3. The average molecular weight is 293 g/mol. The SMILES string of the molecule is Nc1c(CC(=O)O)cccc1Oc1cccc2ccccc12. The number of anilines is 1. The minimum atomic E-state index is -0.922. The molecule has 0 spiro atoms. The molecular weight excluding hydrogens is 278 g/mol. The van der Waals surface area contributed by atoms with Crippen LogP contribution in [0.4, 0.5) is 5.69 Å². The highest BCUT2D eigenvalue weighted by molar-refractivity contribution is 5.88. The average Bonchev–Trinajstić information content (AvgIpc) is 2.51. The summed E-state index contributed by atoms with van der Waals surface area (Å²) in [6.07, 6.45) is -0.126. The second-order valence-corrected chi connectivity index (χ2v) is 4.98. The summed E-state index contributed by atoms with van der Waals surface area (Å²) in [4.78, 5) is 10.9. The number of aliphatic carboxylic acids is 1. The van der Waals surface area contributed by atoms with Crippen molar-refractivity contribution in [3.63, 3.8) is 0 Å². The van der Waals surface area contributed by atoms with Crippen molar-refractivity contribution in [3.8, 4) is 11.5 Å². The van der Waals surface area contributed by atoms with Gasteiger partial charge in [-0.25, -0.2) is 0 Å². The molecule has 0 aliphatic rings. The molecule has 3 aromatic carbocycles. The maximum atomic E-state index is 10.9. The molecule has 3 aromatic rings. The van der Waals surface area contributed by atoms with Crippen LogP contribution in [0, 0.1) is 0 Å². The molecule has 0 saturated carbocycles. The number of nitrogens with two attached hydrogens (primary N) is 1. The van der Waals surface area contributed by atoms with Gasteiger partial charge in [0.2, 0.25) is 0 Å². The molecule has 0 fully saturated rings. The molecule has 22 heavy (non-hydrogen) atoms. The fourth-order valence-electron chi connectivity index (χ4n) is 2.40. The van der Waals surface area contributed by atoms with Crippen LogP contribution < -0.4 is 10.5 Å². The molecule has 0 aliphatic heterocycles. The Morgan fingerprint density at radius 2 is 1.64 bits per heavy atom. The van der Waals surface area contributed by atoms with Gasteiger partial charge >= 0.3 is 5.97 Å². The molecule has 0 aliphatic carbocycles. The largest absolute Gasteiger partial charge is 0.481 e. The summed E-state index contributed by atoms with van der Waals surface area (Å²) >= 11 is 0. The molecule has 0 atom stereocenters. The first-order valence-electron chi connectivity index (χ1n) is 6.90. The third-order valence-electron chi connectivity index (χ3n) is 3.47. The van der Waals surface area contributed by atoms with Gasteiger partial charge in [-0.1, -0.05) is 48.5 Å². The zero-order valence-electron chi connectivity index (χ0n) is 11.8. The van der Waals surface area contributed by atoms with Crippen molar-refractivity contribution in [2.75, 3.05) is 5.73 Å². The first-order valence-corrected chi connectivity index (χ1v) is 6.90. The summed E-state index contributed by atoms with van der Waals surface area (Å²) in [7, 11) is 0. The summed E-state index contributed by atoms with van der Waals surface area (Å²) in [6.45, 7) is 0. The fourth-order valence-corrected chi connectivity index (χ4v) is 2.40. The van der Waals surface area contributed by atoms with E-state index < -0.39 is 5.97 Å². The predicted molar refractivity (Wildman–Crippen MR) is 86.2 cm³/mol. The summed E-state index contributed by atoms with van der Waals surface area (Å²) in [5.41, 5.74) is 6.94. The fraction of sp³-hybridized carbons (Fsp3) is 0.0556. The van der Waals surface area contributed by atoms with E-state index in [1.165, 1.54) is 0 Å². The molecule has 0 unspecified atom stereocenters. The van der Waals surface area contributed by atoms with Crippen LogP contribution >= 0.6 is 0 Å². The number of fused-ring (bicyclic) bond motifs is 1. The molecule has 0 amide bonds. The number of carboxylic acid groups (broad SMARTS) is 1. The number of rotatable bonds is 4. The lowest BCUT2D eigenvalue weighted by Crippen LogP contribution is -2.04. The number of carbonyl (C=O) groups is 1. The molecule has 0 saturated heterocycles. The van der Waals surface area contributed by atoms with Crippen molar-refractivity contribution in [2.24, 2.45) is 0 Å². The van der Waals surface area contributed by atoms with E-state index in [-0.39, 0.29) is 6.42 Å². The number of nitrogen functional groups attached to an aromatic ring is 1. The molecule has 0 heterocycles. The van der Waals surface area contributed by atoms with Gasteiger partial charge in [-0.3, -0.25) is 4.79 Å². The lowest BCUT2D eigenvalue weighted by Gasteiger charge is -2.13. The monoisotopic (exact) mass is 293 g/mol. The molecule has 0 bridgehead atoms. The highest BCUT2D eigenvalue weighted by atomic mass is 16.5. The Hall–Kier alpha value is -3.01. The van der Waals surface area contributed by atoms with E-state index in [0.717, 1.165) is 10.8 Å². The van der Waals surface area contributed by atoms with Crippen LogP contribution in [0.3, 0.4) is 0 Å². The van der Waals surface area contributed by atoms with Gasteiger partial charge < -0.3 is 15.6 Å². The highest BCUT2D eigenvalue weighted by Crippen LogP contribution is 2.34. The molecule has 110 valence electrons. The van der Waals surface area contributed by atoms with E-state index in [1.54, 1.807) is 18.2 Å². The third-order valence-corrected chi connectivity index (χ3v) is 3.47. The lowest BCUT2D eigenvalue weighted by molar-refractivity contribution is -0.136. The molecule has 0 aromatic heterocycles. The maximum absolute atomic E-state index is 10.9. The van der Waals surface area contributed by atoms with Crippen LogP contribution in [-0.2, 0) is 11.2 Å². The van der Waals surface area contributed by atoms with Gasteiger partial charge in [0.1, 0.15) is 5.75 Å². The van der Waals surface area contributed by atoms with E-state index in [2.05, 4.69) is 0 Å². The summed E-state index contributed by atoms with van der Waals surface area (Å²) in [5, 5.41) is 11.0. The molecule has 0 radical (unpaired) electrons. The minimum absolute atomic E-state index is 0.126. The molecule has 4 nitrogen and oxygen atoms in total. The molecule has 4 heteroatoms. The maximum Gasteiger partial charge on any atom is 0.307 e. The van der Waals surface area contributed by atoms with E-state index in [0.29, 0.717) is 22.7 Å². The van der Waals surface area contributed by atoms with Crippen molar-refractivity contribution in [2.45, 2.75) is 6.42 Å². The second kappa shape index (κ2) is 5.77. The topological polar surface area (TPSA) is 72.6 Å². The highest BCUT2D eigenvalue weighted by Gasteiger charge is 2.11. The van der Waals surface area contributed by atoms with Crippen molar-refractivity contribution < 1.29 is 14.6 Å². The number of para-hydroxylation sites is 1. The quantitative estimate of drug-likeness (QED) is 0.717. The first kappa shape index (κ1) is 13.9. The number of ether oxygens (including phenoxy) is 1. The Morgan fingerprint density at radius 1 is 0.955 bits per heavy atom. The van der Waals surface area contributed by atoms with Crippen LogP contribution in [-0.4, -0.2) is 11.1 Å². The Balaban J connectivity index is 2.00. The van der Waals surface area contributed by atoms with Crippen molar-refractivity contribution in [3.05, 3.63) is 66.2 Å². The summed E-state index contributed by atoms with van der Waals surface area (Å²) in [5.74, 6) is 0.237. The van der Waals surface area contributed by atoms with E-state index in [9.17, 15) is 4.79 Å². The van der Waals surface area contributed by atoms with E-state index in [1.807, 2.05) is 42.5 Å². The number of carboxylic acids is 1. The van der Waals surface area contributed by atoms with Crippen LogP contribution in [0.2, 0.25) is 0 Å². The van der Waals surface area contributed by atoms with Crippen LogP contribution in [0.1, 0.15) is 5.56 Å². The van der Waals surface area contributed by atoms with E-state index >= 15 is 0 Å². The predicted octanol–water partition coefficient (Wildman–Crippen LogP) is 3.84. The zero-order chi connectivity index (χ0) is 15.5. The zero-order valence-corrected chi connectivity index (χ0v) is 11.8. The van der Waals surface area contributed by atoms with E-state index in [4.69, 9.17) is 15.6 Å². The molecule has 3 N–H and O–H groups in total. The van der Waals surface area contributed by atoms with Crippen LogP contribution in [0.15, 0.2) is 60.7 Å². The Bertz CT molecular complexity index is 837. The lowest BCUT2D eigenvalue weighted by atomic mass is 10.1. The Kier molecular flexibility index (Phi) is 3.66. The smallest absolute Gasteiger partial charge is 0.307 e. The Labute approximate surface area is 127 Å². The first-order chi connectivity index (χ1) is 10.6. The van der Waals surface area contributed by atoms with Gasteiger partial charge in [0.25, 0.3) is 0 Å². The van der Waals surface area contributed by atoms with Gasteiger partial charge in [0.15, 0.2) is 5.75 Å². The number of benzene rings is 3. The number of hydrogen-bond donors (Lipinski definition) is 2. The normalized spacial score (nSPS) is 10.5. The van der Waals surface area contributed by atoms with Gasteiger partial charge in [-0.2, -0.15) is 0 Å². The third kappa shape index (κ3) is 2.72. The Morgan fingerprint density at radius 3 is 2.45 bits per heavy atom.